The summed E-state index contributed by atoms with van der Waals surface area (Å²) in [5, 5.41) is 2.82. The van der Waals surface area contributed by atoms with Gasteiger partial charge in [-0.2, -0.15) is 0 Å². The number of hydrogen-bond acceptors (Lipinski definition) is 2. The Bertz CT molecular complexity index is 652. The SMILES string of the molecule is Fc1cc(Br)cc(F)c1NCCc1ccc2c(c1)CCO2. The highest BCUT2D eigenvalue weighted by atomic mass is 79.9. The number of anilines is 1. The number of fused-ring (bicyclic) bond motifs is 1. The average molecular weight is 354 g/mol. The minimum atomic E-state index is -0.593. The van der Waals surface area contributed by atoms with Crippen LogP contribution in [0, 0.1) is 11.6 Å². The van der Waals surface area contributed by atoms with Crippen molar-refractivity contribution < 1.29 is 13.5 Å². The Morgan fingerprint density at radius 2 is 1.90 bits per heavy atom. The number of rotatable bonds is 4. The molecular weight excluding hydrogens is 340 g/mol. The topological polar surface area (TPSA) is 21.3 Å². The van der Waals surface area contributed by atoms with Crippen LogP contribution < -0.4 is 10.1 Å². The zero-order valence-electron chi connectivity index (χ0n) is 11.3. The molecule has 0 atom stereocenters. The molecule has 0 amide bonds. The van der Waals surface area contributed by atoms with Gasteiger partial charge in [0.1, 0.15) is 23.1 Å². The summed E-state index contributed by atoms with van der Waals surface area (Å²) in [5.74, 6) is -0.245. The minimum Gasteiger partial charge on any atom is -0.493 e. The first kappa shape index (κ1) is 14.3. The highest BCUT2D eigenvalue weighted by Gasteiger charge is 2.13. The van der Waals surface area contributed by atoms with Gasteiger partial charge in [-0.1, -0.05) is 28.1 Å². The molecule has 0 saturated carbocycles. The Balaban J connectivity index is 1.64. The highest BCUT2D eigenvalue weighted by molar-refractivity contribution is 9.10. The fourth-order valence-electron chi connectivity index (χ4n) is 2.44. The van der Waals surface area contributed by atoms with Crippen molar-refractivity contribution in [3.05, 3.63) is 57.6 Å². The quantitative estimate of drug-likeness (QED) is 0.883. The Kier molecular flexibility index (Phi) is 4.10. The predicted octanol–water partition coefficient (Wildman–Crippen LogP) is 4.32. The lowest BCUT2D eigenvalue weighted by molar-refractivity contribution is 0.357. The molecule has 2 aromatic carbocycles. The summed E-state index contributed by atoms with van der Waals surface area (Å²) < 4.78 is 33.2. The molecule has 2 aromatic rings. The van der Waals surface area contributed by atoms with E-state index in [-0.39, 0.29) is 5.69 Å². The summed E-state index contributed by atoms with van der Waals surface area (Å²) in [4.78, 5) is 0. The molecule has 0 bridgehead atoms. The third-order valence-corrected chi connectivity index (χ3v) is 3.93. The first-order valence-corrected chi connectivity index (χ1v) is 7.56. The van der Waals surface area contributed by atoms with E-state index in [1.165, 1.54) is 17.7 Å². The molecule has 0 fully saturated rings. The number of halogens is 3. The van der Waals surface area contributed by atoms with Crippen LogP contribution in [0.5, 0.6) is 5.75 Å². The molecule has 0 aliphatic carbocycles. The second kappa shape index (κ2) is 6.02. The third kappa shape index (κ3) is 3.18. The molecule has 0 spiro atoms. The van der Waals surface area contributed by atoms with Crippen LogP contribution in [-0.4, -0.2) is 13.2 Å². The lowest BCUT2D eigenvalue weighted by Gasteiger charge is -2.10. The largest absolute Gasteiger partial charge is 0.493 e. The van der Waals surface area contributed by atoms with Gasteiger partial charge in [-0.05, 0) is 35.7 Å². The number of benzene rings is 2. The maximum absolute atomic E-state index is 13.7. The van der Waals surface area contributed by atoms with Crippen molar-refractivity contribution in [2.24, 2.45) is 0 Å². The molecule has 110 valence electrons. The molecule has 0 radical (unpaired) electrons. The maximum atomic E-state index is 13.7. The van der Waals surface area contributed by atoms with Crippen LogP contribution in [0.4, 0.5) is 14.5 Å². The van der Waals surface area contributed by atoms with Crippen LogP contribution in [0.3, 0.4) is 0 Å². The summed E-state index contributed by atoms with van der Waals surface area (Å²) in [6, 6.07) is 8.53. The number of hydrogen-bond donors (Lipinski definition) is 1. The van der Waals surface area contributed by atoms with Crippen molar-refractivity contribution in [2.75, 3.05) is 18.5 Å². The first-order chi connectivity index (χ1) is 10.1. The molecule has 3 rings (SSSR count). The maximum Gasteiger partial charge on any atom is 0.150 e. The molecule has 1 aliphatic rings. The van der Waals surface area contributed by atoms with Crippen LogP contribution in [0.15, 0.2) is 34.8 Å². The van der Waals surface area contributed by atoms with Crippen molar-refractivity contribution in [3.63, 3.8) is 0 Å². The highest BCUT2D eigenvalue weighted by Crippen LogP contribution is 2.26. The van der Waals surface area contributed by atoms with Crippen molar-refractivity contribution in [1.82, 2.24) is 0 Å². The van der Waals surface area contributed by atoms with Gasteiger partial charge in [0.25, 0.3) is 0 Å². The number of ether oxygens (including phenoxy) is 1. The van der Waals surface area contributed by atoms with Gasteiger partial charge >= 0.3 is 0 Å². The van der Waals surface area contributed by atoms with E-state index in [0.29, 0.717) is 17.4 Å². The van der Waals surface area contributed by atoms with Gasteiger partial charge in [0.2, 0.25) is 0 Å². The summed E-state index contributed by atoms with van der Waals surface area (Å²) in [5.41, 5.74) is 2.25. The molecule has 5 heteroatoms. The van der Waals surface area contributed by atoms with E-state index < -0.39 is 11.6 Å². The molecule has 0 saturated heterocycles. The van der Waals surface area contributed by atoms with Crippen molar-refractivity contribution >= 4 is 21.6 Å². The van der Waals surface area contributed by atoms with Crippen molar-refractivity contribution in [2.45, 2.75) is 12.8 Å². The Morgan fingerprint density at radius 3 is 2.67 bits per heavy atom. The Morgan fingerprint density at radius 1 is 1.14 bits per heavy atom. The standard InChI is InChI=1S/C16H14BrF2NO/c17-12-8-13(18)16(14(19)9-12)20-5-3-10-1-2-15-11(7-10)4-6-21-15/h1-2,7-9,20H,3-6H2. The van der Waals surface area contributed by atoms with E-state index in [1.807, 2.05) is 12.1 Å². The van der Waals surface area contributed by atoms with Gasteiger partial charge in [-0.3, -0.25) is 0 Å². The second-order valence-electron chi connectivity index (χ2n) is 4.96. The van der Waals surface area contributed by atoms with E-state index in [1.54, 1.807) is 0 Å². The summed E-state index contributed by atoms with van der Waals surface area (Å²) in [7, 11) is 0. The van der Waals surface area contributed by atoms with E-state index >= 15 is 0 Å². The smallest absolute Gasteiger partial charge is 0.150 e. The fourth-order valence-corrected chi connectivity index (χ4v) is 2.84. The van der Waals surface area contributed by atoms with Gasteiger partial charge in [0.15, 0.2) is 0 Å². The summed E-state index contributed by atoms with van der Waals surface area (Å²) in [6.45, 7) is 1.20. The molecule has 2 nitrogen and oxygen atoms in total. The zero-order chi connectivity index (χ0) is 14.8. The predicted molar refractivity (Wildman–Crippen MR) is 81.9 cm³/mol. The van der Waals surface area contributed by atoms with Crippen molar-refractivity contribution in [3.8, 4) is 5.75 Å². The second-order valence-corrected chi connectivity index (χ2v) is 5.88. The van der Waals surface area contributed by atoms with Crippen LogP contribution in [-0.2, 0) is 12.8 Å². The molecule has 0 unspecified atom stereocenters. The zero-order valence-corrected chi connectivity index (χ0v) is 12.8. The molecule has 0 aromatic heterocycles. The van der Waals surface area contributed by atoms with Crippen molar-refractivity contribution in [1.29, 1.82) is 0 Å². The minimum absolute atomic E-state index is 0.0808. The average Bonchev–Trinajstić information content (AvgIpc) is 2.89. The first-order valence-electron chi connectivity index (χ1n) is 6.76. The van der Waals surface area contributed by atoms with Crippen LogP contribution in [0.2, 0.25) is 0 Å². The van der Waals surface area contributed by atoms with Gasteiger partial charge in [0.05, 0.1) is 6.61 Å². The van der Waals surface area contributed by atoms with Crippen LogP contribution in [0.1, 0.15) is 11.1 Å². The van der Waals surface area contributed by atoms with Gasteiger partial charge in [-0.25, -0.2) is 8.78 Å². The van der Waals surface area contributed by atoms with Crippen LogP contribution >= 0.6 is 15.9 Å². The molecular formula is C16H14BrF2NO. The summed E-state index contributed by atoms with van der Waals surface area (Å²) in [6.07, 6.45) is 1.62. The van der Waals surface area contributed by atoms with E-state index in [4.69, 9.17) is 4.74 Å². The molecule has 21 heavy (non-hydrogen) atoms. The summed E-state index contributed by atoms with van der Waals surface area (Å²) >= 11 is 3.06. The third-order valence-electron chi connectivity index (χ3n) is 3.48. The normalized spacial score (nSPS) is 12.9. The van der Waals surface area contributed by atoms with Gasteiger partial charge < -0.3 is 10.1 Å². The van der Waals surface area contributed by atoms with Crippen LogP contribution in [0.25, 0.3) is 0 Å². The molecule has 1 aliphatic heterocycles. The van der Waals surface area contributed by atoms with E-state index in [9.17, 15) is 8.78 Å². The Labute approximate surface area is 130 Å². The molecule has 1 N–H and O–H groups in total. The monoisotopic (exact) mass is 353 g/mol. The lowest BCUT2D eigenvalue weighted by Crippen LogP contribution is -2.08. The van der Waals surface area contributed by atoms with Gasteiger partial charge in [0, 0.05) is 17.4 Å². The van der Waals surface area contributed by atoms with E-state index in [2.05, 4.69) is 27.3 Å². The molecule has 1 heterocycles. The Hall–Kier alpha value is -1.62. The van der Waals surface area contributed by atoms with E-state index in [0.717, 1.165) is 24.3 Å². The van der Waals surface area contributed by atoms with Gasteiger partial charge in [-0.15, -0.1) is 0 Å². The number of nitrogens with one attached hydrogen (secondary N) is 1. The lowest BCUT2D eigenvalue weighted by atomic mass is 10.1. The fraction of sp³-hybridized carbons (Fsp3) is 0.250.